The van der Waals surface area contributed by atoms with Crippen LogP contribution in [0.25, 0.3) is 16.8 Å². The fourth-order valence-electron chi connectivity index (χ4n) is 5.09. The second-order valence-electron chi connectivity index (χ2n) is 11.0. The Morgan fingerprint density at radius 3 is 2.08 bits per heavy atom. The van der Waals surface area contributed by atoms with Crippen molar-refractivity contribution in [3.63, 3.8) is 0 Å². The van der Waals surface area contributed by atoms with Gasteiger partial charge in [0.05, 0.1) is 10.0 Å². The Bertz CT molecular complexity index is 2180. The number of thioether (sulfide) groups is 1. The molecule has 0 radical (unpaired) electrons. The van der Waals surface area contributed by atoms with Gasteiger partial charge in [0.1, 0.15) is 10.9 Å². The van der Waals surface area contributed by atoms with Crippen LogP contribution in [0.4, 0.5) is 11.4 Å². The van der Waals surface area contributed by atoms with Gasteiger partial charge in [0.2, 0.25) is 5.91 Å². The van der Waals surface area contributed by atoms with Crippen LogP contribution in [0.1, 0.15) is 26.7 Å². The number of carbonyl (C=O) groups excluding carboxylic acids is 3. The van der Waals surface area contributed by atoms with Gasteiger partial charge in [-0.15, -0.1) is 11.8 Å². The SMILES string of the molecule is O=C(Nc1cccc(SC(C(=O)Nc2ccc3ccccc3c2)c2ccccc2)c1)/C(=C\c1cccc(Cl)c1Cl)NC(=O)c1ccccc1. The second kappa shape index (κ2) is 15.7. The standard InChI is InChI=1S/C40H29Cl2N3O3S/c41-34-20-9-17-30(36(34)42)24-35(45-38(46)28-14-5-2-6-15-28)39(47)43-31-18-10-19-33(25-31)49-37(27-12-3-1-4-13-27)40(48)44-32-22-21-26-11-7-8-16-29(26)23-32/h1-25,37H,(H,43,47)(H,44,48)(H,45,46)/b35-24+. The fourth-order valence-corrected chi connectivity index (χ4v) is 6.53. The van der Waals surface area contributed by atoms with E-state index in [4.69, 9.17) is 23.2 Å². The van der Waals surface area contributed by atoms with E-state index in [1.165, 1.54) is 17.8 Å². The van der Waals surface area contributed by atoms with Crippen molar-refractivity contribution in [2.75, 3.05) is 10.6 Å². The van der Waals surface area contributed by atoms with Gasteiger partial charge >= 0.3 is 0 Å². The van der Waals surface area contributed by atoms with E-state index in [0.717, 1.165) is 21.2 Å². The monoisotopic (exact) mass is 701 g/mol. The maximum atomic E-state index is 13.8. The number of fused-ring (bicyclic) bond motifs is 1. The Labute approximate surface area is 298 Å². The summed E-state index contributed by atoms with van der Waals surface area (Å²) in [6.45, 7) is 0. The summed E-state index contributed by atoms with van der Waals surface area (Å²) in [5.74, 6) is -1.23. The van der Waals surface area contributed by atoms with E-state index < -0.39 is 17.1 Å². The molecule has 6 aromatic rings. The number of carbonyl (C=O) groups is 3. The number of halogens is 2. The van der Waals surface area contributed by atoms with Gasteiger partial charge in [-0.1, -0.05) is 120 Å². The molecule has 0 heterocycles. The van der Waals surface area contributed by atoms with Crippen molar-refractivity contribution >= 4 is 80.9 Å². The summed E-state index contributed by atoms with van der Waals surface area (Å²) in [4.78, 5) is 41.3. The Hall–Kier alpha value is -5.34. The molecule has 242 valence electrons. The van der Waals surface area contributed by atoms with Gasteiger partial charge in [-0.3, -0.25) is 14.4 Å². The molecular formula is C40H29Cl2N3O3S. The third-order valence-electron chi connectivity index (χ3n) is 7.51. The van der Waals surface area contributed by atoms with Crippen LogP contribution >= 0.6 is 35.0 Å². The van der Waals surface area contributed by atoms with Gasteiger partial charge in [0.15, 0.2) is 0 Å². The van der Waals surface area contributed by atoms with Gasteiger partial charge in [-0.2, -0.15) is 0 Å². The Kier molecular flexibility index (Phi) is 10.8. The highest BCUT2D eigenvalue weighted by Crippen LogP contribution is 2.37. The van der Waals surface area contributed by atoms with Gasteiger partial charge < -0.3 is 16.0 Å². The number of benzene rings is 6. The zero-order chi connectivity index (χ0) is 34.2. The Balaban J connectivity index is 1.24. The van der Waals surface area contributed by atoms with Gasteiger partial charge in [0, 0.05) is 21.8 Å². The molecule has 0 spiro atoms. The zero-order valence-electron chi connectivity index (χ0n) is 25.9. The summed E-state index contributed by atoms with van der Waals surface area (Å²) in [6.07, 6.45) is 1.48. The third kappa shape index (κ3) is 8.58. The van der Waals surface area contributed by atoms with E-state index >= 15 is 0 Å². The summed E-state index contributed by atoms with van der Waals surface area (Å²) in [5.41, 5.74) is 2.79. The maximum Gasteiger partial charge on any atom is 0.272 e. The molecule has 1 unspecified atom stereocenters. The van der Waals surface area contributed by atoms with Crippen LogP contribution in [0.5, 0.6) is 0 Å². The summed E-state index contributed by atoms with van der Waals surface area (Å²) in [5, 5.41) is 10.8. The van der Waals surface area contributed by atoms with Gasteiger partial charge in [-0.25, -0.2) is 0 Å². The smallest absolute Gasteiger partial charge is 0.272 e. The van der Waals surface area contributed by atoms with Crippen molar-refractivity contribution in [3.05, 3.63) is 178 Å². The lowest BCUT2D eigenvalue weighted by Gasteiger charge is -2.18. The van der Waals surface area contributed by atoms with Crippen LogP contribution in [0, 0.1) is 0 Å². The number of amides is 3. The number of nitrogens with one attached hydrogen (secondary N) is 3. The van der Waals surface area contributed by atoms with Crippen molar-refractivity contribution in [1.82, 2.24) is 5.32 Å². The van der Waals surface area contributed by atoms with E-state index in [1.54, 1.807) is 66.7 Å². The second-order valence-corrected chi connectivity index (χ2v) is 12.9. The predicted molar refractivity (Wildman–Crippen MR) is 201 cm³/mol. The molecule has 0 aromatic heterocycles. The largest absolute Gasteiger partial charge is 0.325 e. The molecule has 0 fully saturated rings. The summed E-state index contributed by atoms with van der Waals surface area (Å²) >= 11 is 14.0. The average molecular weight is 703 g/mol. The molecule has 0 bridgehead atoms. The highest BCUT2D eigenvalue weighted by atomic mass is 35.5. The van der Waals surface area contributed by atoms with E-state index in [2.05, 4.69) is 16.0 Å². The molecule has 0 saturated heterocycles. The van der Waals surface area contributed by atoms with Crippen molar-refractivity contribution in [2.24, 2.45) is 0 Å². The Morgan fingerprint density at radius 1 is 0.633 bits per heavy atom. The van der Waals surface area contributed by atoms with Crippen LogP contribution in [-0.2, 0) is 9.59 Å². The number of hydrogen-bond acceptors (Lipinski definition) is 4. The number of rotatable bonds is 10. The molecule has 0 saturated carbocycles. The van der Waals surface area contributed by atoms with Crippen molar-refractivity contribution < 1.29 is 14.4 Å². The van der Waals surface area contributed by atoms with Crippen LogP contribution in [0.15, 0.2) is 156 Å². The third-order valence-corrected chi connectivity index (χ3v) is 9.59. The minimum absolute atomic E-state index is 0.0343. The topological polar surface area (TPSA) is 87.3 Å². The van der Waals surface area contributed by atoms with Crippen molar-refractivity contribution in [1.29, 1.82) is 0 Å². The molecule has 0 aliphatic heterocycles. The normalized spacial score (nSPS) is 11.8. The molecule has 1 atom stereocenters. The first kappa shape index (κ1) is 33.6. The minimum atomic E-state index is -0.593. The van der Waals surface area contributed by atoms with Gasteiger partial charge in [-0.05, 0) is 76.5 Å². The number of anilines is 2. The summed E-state index contributed by atoms with van der Waals surface area (Å²) < 4.78 is 0. The Morgan fingerprint density at radius 2 is 1.31 bits per heavy atom. The average Bonchev–Trinajstić information content (AvgIpc) is 3.13. The van der Waals surface area contributed by atoms with Crippen LogP contribution in [0.2, 0.25) is 10.0 Å². The van der Waals surface area contributed by atoms with E-state index in [9.17, 15) is 14.4 Å². The first-order chi connectivity index (χ1) is 23.8. The first-order valence-corrected chi connectivity index (χ1v) is 16.9. The minimum Gasteiger partial charge on any atom is -0.325 e. The summed E-state index contributed by atoms with van der Waals surface area (Å²) in [6, 6.07) is 44.1. The highest BCUT2D eigenvalue weighted by Gasteiger charge is 2.23. The molecule has 9 heteroatoms. The van der Waals surface area contributed by atoms with Gasteiger partial charge in [0.25, 0.3) is 11.8 Å². The van der Waals surface area contributed by atoms with E-state index in [0.29, 0.717) is 27.5 Å². The maximum absolute atomic E-state index is 13.8. The lowest BCUT2D eigenvalue weighted by Crippen LogP contribution is -2.30. The van der Waals surface area contributed by atoms with Crippen LogP contribution < -0.4 is 16.0 Å². The molecule has 0 aliphatic carbocycles. The number of hydrogen-bond donors (Lipinski definition) is 3. The lowest BCUT2D eigenvalue weighted by atomic mass is 10.1. The molecule has 3 N–H and O–H groups in total. The van der Waals surface area contributed by atoms with Crippen molar-refractivity contribution in [2.45, 2.75) is 10.1 Å². The highest BCUT2D eigenvalue weighted by molar-refractivity contribution is 8.00. The molecule has 6 rings (SSSR count). The zero-order valence-corrected chi connectivity index (χ0v) is 28.2. The van der Waals surface area contributed by atoms with Crippen molar-refractivity contribution in [3.8, 4) is 0 Å². The molecule has 3 amide bonds. The van der Waals surface area contributed by atoms with Crippen LogP contribution in [0.3, 0.4) is 0 Å². The quantitative estimate of drug-likeness (QED) is 0.0980. The molecule has 6 nitrogen and oxygen atoms in total. The predicted octanol–water partition coefficient (Wildman–Crippen LogP) is 10.0. The van der Waals surface area contributed by atoms with E-state index in [1.807, 2.05) is 78.9 Å². The molecule has 49 heavy (non-hydrogen) atoms. The van der Waals surface area contributed by atoms with E-state index in [-0.39, 0.29) is 16.6 Å². The summed E-state index contributed by atoms with van der Waals surface area (Å²) in [7, 11) is 0. The lowest BCUT2D eigenvalue weighted by molar-refractivity contribution is -0.116. The molecule has 6 aromatic carbocycles. The molecular weight excluding hydrogens is 673 g/mol. The molecule has 0 aliphatic rings. The van der Waals surface area contributed by atoms with Crippen LogP contribution in [-0.4, -0.2) is 17.7 Å². The fraction of sp³-hybridized carbons (Fsp3) is 0.0250. The first-order valence-electron chi connectivity index (χ1n) is 15.3.